The number of para-hydroxylation sites is 3. The van der Waals surface area contributed by atoms with Crippen LogP contribution in [0.2, 0.25) is 0 Å². The summed E-state index contributed by atoms with van der Waals surface area (Å²) in [5, 5.41) is 0. The minimum Gasteiger partial charge on any atom is -0.292 e. The number of rotatable bonds is 4. The fourth-order valence-electron chi connectivity index (χ4n) is 2.42. The predicted octanol–water partition coefficient (Wildman–Crippen LogP) is 4.78. The Morgan fingerprint density at radius 1 is 0.952 bits per heavy atom. The van der Waals surface area contributed by atoms with E-state index in [1.54, 1.807) is 6.08 Å². The number of hydrogen-bond donors (Lipinski definition) is 0. The molecule has 0 bridgehead atoms. The van der Waals surface area contributed by atoms with E-state index in [-0.39, 0.29) is 0 Å². The van der Waals surface area contributed by atoms with E-state index in [0.717, 1.165) is 28.1 Å². The van der Waals surface area contributed by atoms with E-state index >= 15 is 0 Å². The molecule has 21 heavy (non-hydrogen) atoms. The first-order valence-corrected chi connectivity index (χ1v) is 6.83. The largest absolute Gasteiger partial charge is 0.292 e. The highest BCUT2D eigenvalue weighted by Gasteiger charge is 2.13. The second kappa shape index (κ2) is 5.63. The van der Waals surface area contributed by atoms with Crippen LogP contribution in [0.1, 0.15) is 5.82 Å². The van der Waals surface area contributed by atoms with Crippen molar-refractivity contribution in [3.63, 3.8) is 0 Å². The lowest BCUT2D eigenvalue weighted by molar-refractivity contribution is 1.06. The molecule has 0 N–H and O–H groups in total. The number of aromatic nitrogens is 2. The molecule has 1 heterocycles. The third-order valence-electron chi connectivity index (χ3n) is 3.35. The van der Waals surface area contributed by atoms with Gasteiger partial charge in [0.15, 0.2) is 0 Å². The summed E-state index contributed by atoms with van der Waals surface area (Å²) in [6, 6.07) is 18.3. The Hall–Kier alpha value is -2.87. The van der Waals surface area contributed by atoms with Gasteiger partial charge in [-0.15, -0.1) is 0 Å². The number of benzene rings is 2. The molecule has 2 nitrogen and oxygen atoms in total. The van der Waals surface area contributed by atoms with Gasteiger partial charge in [-0.2, -0.15) is 0 Å². The number of hydrogen-bond acceptors (Lipinski definition) is 1. The normalized spacial score (nSPS) is 11.5. The molecule has 0 saturated heterocycles. The van der Waals surface area contributed by atoms with Crippen molar-refractivity contribution in [3.05, 3.63) is 91.8 Å². The summed E-state index contributed by atoms with van der Waals surface area (Å²) in [7, 11) is 0. The molecule has 3 rings (SSSR count). The van der Waals surface area contributed by atoms with Crippen LogP contribution in [0.5, 0.6) is 0 Å². The van der Waals surface area contributed by atoms with Crippen molar-refractivity contribution in [1.82, 2.24) is 9.55 Å². The monoisotopic (exact) mass is 272 g/mol. The van der Waals surface area contributed by atoms with E-state index in [9.17, 15) is 0 Å². The van der Waals surface area contributed by atoms with Crippen molar-refractivity contribution in [2.24, 2.45) is 0 Å². The summed E-state index contributed by atoms with van der Waals surface area (Å²) in [5.74, 6) is 0.872. The van der Waals surface area contributed by atoms with Gasteiger partial charge in [-0.05, 0) is 24.3 Å². The predicted molar refractivity (Wildman–Crippen MR) is 89.4 cm³/mol. The van der Waals surface area contributed by atoms with Crippen LogP contribution in [-0.4, -0.2) is 9.55 Å². The molecular weight excluding hydrogens is 256 g/mol. The van der Waals surface area contributed by atoms with E-state index in [2.05, 4.69) is 35.9 Å². The molecule has 0 saturated carbocycles. The molecule has 0 fully saturated rings. The average Bonchev–Trinajstić information content (AvgIpc) is 2.92. The van der Waals surface area contributed by atoms with Crippen LogP contribution in [0, 0.1) is 0 Å². The highest BCUT2D eigenvalue weighted by atomic mass is 15.1. The smallest absolute Gasteiger partial charge is 0.145 e. The quantitative estimate of drug-likeness (QED) is 0.625. The maximum absolute atomic E-state index is 4.75. The highest BCUT2D eigenvalue weighted by molar-refractivity contribution is 5.84. The lowest BCUT2D eigenvalue weighted by atomic mass is 10.2. The molecule has 0 spiro atoms. The van der Waals surface area contributed by atoms with Crippen LogP contribution < -0.4 is 0 Å². The number of imidazole rings is 1. The second-order valence-corrected chi connectivity index (χ2v) is 4.66. The maximum atomic E-state index is 4.75. The van der Waals surface area contributed by atoms with Gasteiger partial charge in [0, 0.05) is 11.3 Å². The van der Waals surface area contributed by atoms with Crippen LogP contribution in [0.4, 0.5) is 0 Å². The van der Waals surface area contributed by atoms with Gasteiger partial charge in [-0.3, -0.25) is 4.57 Å². The zero-order valence-corrected chi connectivity index (χ0v) is 11.7. The van der Waals surface area contributed by atoms with E-state index in [0.29, 0.717) is 0 Å². The molecule has 0 aliphatic heterocycles. The van der Waals surface area contributed by atoms with E-state index in [4.69, 9.17) is 4.98 Å². The van der Waals surface area contributed by atoms with Crippen molar-refractivity contribution in [2.75, 3.05) is 0 Å². The maximum Gasteiger partial charge on any atom is 0.145 e. The first-order chi connectivity index (χ1) is 10.3. The Kier molecular flexibility index (Phi) is 3.52. The topological polar surface area (TPSA) is 17.8 Å². The highest BCUT2D eigenvalue weighted by Crippen LogP contribution is 2.26. The van der Waals surface area contributed by atoms with Crippen LogP contribution in [0.3, 0.4) is 0 Å². The first kappa shape index (κ1) is 13.1. The Bertz CT molecular complexity index is 823. The van der Waals surface area contributed by atoms with Gasteiger partial charge < -0.3 is 0 Å². The third-order valence-corrected chi connectivity index (χ3v) is 3.35. The molecule has 2 aromatic carbocycles. The lowest BCUT2D eigenvalue weighted by Crippen LogP contribution is -1.99. The van der Waals surface area contributed by atoms with Crippen LogP contribution in [0.25, 0.3) is 22.3 Å². The number of fused-ring (bicyclic) bond motifs is 1. The summed E-state index contributed by atoms with van der Waals surface area (Å²) in [5.41, 5.74) is 4.08. The van der Waals surface area contributed by atoms with Crippen LogP contribution in [-0.2, 0) is 0 Å². The van der Waals surface area contributed by atoms with E-state index in [1.807, 2.05) is 48.6 Å². The van der Waals surface area contributed by atoms with Crippen molar-refractivity contribution in [3.8, 4) is 5.69 Å². The molecule has 1 aromatic heterocycles. The molecule has 0 aliphatic carbocycles. The Balaban J connectivity index is 2.37. The SMILES string of the molecule is C=C/C=C(\C=C)c1nc2ccccc2n1-c1ccccc1. The van der Waals surface area contributed by atoms with E-state index in [1.165, 1.54) is 0 Å². The zero-order valence-electron chi connectivity index (χ0n) is 11.7. The average molecular weight is 272 g/mol. The van der Waals surface area contributed by atoms with Crippen molar-refractivity contribution in [2.45, 2.75) is 0 Å². The molecule has 2 heteroatoms. The van der Waals surface area contributed by atoms with Crippen LogP contribution >= 0.6 is 0 Å². The van der Waals surface area contributed by atoms with Gasteiger partial charge in [0.05, 0.1) is 11.0 Å². The molecule has 0 amide bonds. The molecule has 102 valence electrons. The van der Waals surface area contributed by atoms with E-state index < -0.39 is 0 Å². The Labute approximate surface area is 124 Å². The fraction of sp³-hybridized carbons (Fsp3) is 0. The molecule has 0 radical (unpaired) electrons. The first-order valence-electron chi connectivity index (χ1n) is 6.83. The molecule has 0 atom stereocenters. The van der Waals surface area contributed by atoms with Crippen LogP contribution in [0.15, 0.2) is 86.0 Å². The Morgan fingerprint density at radius 3 is 2.38 bits per heavy atom. The molecular formula is C19H16N2. The van der Waals surface area contributed by atoms with Crippen molar-refractivity contribution in [1.29, 1.82) is 0 Å². The standard InChI is InChI=1S/C19H16N2/c1-3-10-15(4-2)19-20-17-13-8-9-14-18(17)21(19)16-11-6-5-7-12-16/h3-14H,1-2H2/b15-10+. The number of nitrogens with zero attached hydrogens (tertiary/aromatic N) is 2. The van der Waals surface area contributed by atoms with Gasteiger partial charge in [-0.25, -0.2) is 4.98 Å². The Morgan fingerprint density at radius 2 is 1.67 bits per heavy atom. The van der Waals surface area contributed by atoms with Gasteiger partial charge >= 0.3 is 0 Å². The van der Waals surface area contributed by atoms with Crippen molar-refractivity contribution < 1.29 is 0 Å². The second-order valence-electron chi connectivity index (χ2n) is 4.66. The van der Waals surface area contributed by atoms with Gasteiger partial charge in [0.25, 0.3) is 0 Å². The fourth-order valence-corrected chi connectivity index (χ4v) is 2.42. The minimum atomic E-state index is 0.872. The zero-order chi connectivity index (χ0) is 14.7. The summed E-state index contributed by atoms with van der Waals surface area (Å²) in [6.07, 6.45) is 5.49. The third kappa shape index (κ3) is 2.32. The summed E-state index contributed by atoms with van der Waals surface area (Å²) in [6.45, 7) is 7.66. The molecule has 0 unspecified atom stereocenters. The molecule has 3 aromatic rings. The number of allylic oxidation sites excluding steroid dienone is 4. The lowest BCUT2D eigenvalue weighted by Gasteiger charge is -2.09. The van der Waals surface area contributed by atoms with Gasteiger partial charge in [0.1, 0.15) is 5.82 Å². The molecule has 0 aliphatic rings. The van der Waals surface area contributed by atoms with Crippen molar-refractivity contribution >= 4 is 16.6 Å². The summed E-state index contributed by atoms with van der Waals surface area (Å²) in [4.78, 5) is 4.75. The minimum absolute atomic E-state index is 0.872. The van der Waals surface area contributed by atoms with Gasteiger partial charge in [0.2, 0.25) is 0 Å². The summed E-state index contributed by atoms with van der Waals surface area (Å²) < 4.78 is 2.15. The van der Waals surface area contributed by atoms with Gasteiger partial charge in [-0.1, -0.05) is 61.7 Å². The summed E-state index contributed by atoms with van der Waals surface area (Å²) >= 11 is 0.